The third kappa shape index (κ3) is 4.63. The van der Waals surface area contributed by atoms with Gasteiger partial charge in [-0.3, -0.25) is 0 Å². The summed E-state index contributed by atoms with van der Waals surface area (Å²) in [6.07, 6.45) is -0.615. The monoisotopic (exact) mass is 432 g/mol. The number of rotatable bonds is 6. The lowest BCUT2D eigenvalue weighted by Gasteiger charge is -2.33. The second-order valence-electron chi connectivity index (χ2n) is 8.59. The average molecular weight is 432 g/mol. The molecule has 0 amide bonds. The highest BCUT2D eigenvalue weighted by Crippen LogP contribution is 2.37. The van der Waals surface area contributed by atoms with Crippen LogP contribution in [0.4, 0.5) is 4.39 Å². The molecule has 5 atom stereocenters. The molecule has 0 aromatic heterocycles. The van der Waals surface area contributed by atoms with E-state index in [1.807, 2.05) is 25.1 Å². The van der Waals surface area contributed by atoms with E-state index < -0.39 is 42.1 Å². The van der Waals surface area contributed by atoms with Gasteiger partial charge in [0, 0.05) is 17.5 Å². The Labute approximate surface area is 180 Å². The summed E-state index contributed by atoms with van der Waals surface area (Å²) in [7, 11) is 0. The van der Waals surface area contributed by atoms with Gasteiger partial charge < -0.3 is 29.9 Å². The van der Waals surface area contributed by atoms with Crippen LogP contribution in [0, 0.1) is 12.7 Å². The Kier molecular flexibility index (Phi) is 6.36. The largest absolute Gasteiger partial charge is 0.505 e. The molecule has 6 nitrogen and oxygen atoms in total. The molecule has 2 heterocycles. The zero-order valence-corrected chi connectivity index (χ0v) is 17.5. The lowest BCUT2D eigenvalue weighted by molar-refractivity contribution is -0.0230. The van der Waals surface area contributed by atoms with E-state index in [-0.39, 0.29) is 0 Å². The van der Waals surface area contributed by atoms with Crippen molar-refractivity contribution in [3.63, 3.8) is 0 Å². The van der Waals surface area contributed by atoms with Crippen molar-refractivity contribution in [3.05, 3.63) is 52.8 Å². The molecule has 0 saturated heterocycles. The number of phenols is 1. The molecule has 0 unspecified atom stereocenters. The van der Waals surface area contributed by atoms with Gasteiger partial charge in [0.2, 0.25) is 0 Å². The van der Waals surface area contributed by atoms with Gasteiger partial charge in [-0.05, 0) is 63.3 Å². The topological polar surface area (TPSA) is 99.4 Å². The summed E-state index contributed by atoms with van der Waals surface area (Å²) in [5.74, 6) is -0.117. The summed E-state index contributed by atoms with van der Waals surface area (Å²) in [5, 5.41) is 41.0. The molecule has 0 spiro atoms. The molecule has 0 saturated carbocycles. The molecule has 0 fully saturated rings. The first kappa shape index (κ1) is 21.9. The third-order valence-corrected chi connectivity index (χ3v) is 6.25. The number of halogens is 1. The predicted octanol–water partition coefficient (Wildman–Crippen LogP) is 3.31. The second-order valence-corrected chi connectivity index (χ2v) is 8.59. The minimum Gasteiger partial charge on any atom is -0.505 e. The van der Waals surface area contributed by atoms with Crippen LogP contribution < -0.4 is 9.47 Å². The molecule has 0 bridgehead atoms. The Morgan fingerprint density at radius 1 is 1.03 bits per heavy atom. The summed E-state index contributed by atoms with van der Waals surface area (Å²) in [5.41, 5.74) is 2.13. The molecule has 2 aromatic rings. The minimum absolute atomic E-state index is 0.321. The Morgan fingerprint density at radius 2 is 1.71 bits per heavy atom. The standard InChI is InChI=1S/C24H29FO6/c1-13-5-8-21-15(11-13)19(29)12-23(31-21)17(27)4-2-3-16(26)22-9-6-14-20(30-22)10-7-18(28)24(14)25/h5,7-8,10-11,16-17,19,22-23,26-29H,2-4,6,9,12H2,1H3/t16-,17-,19+,22+,23-/m0/s1. The predicted molar refractivity (Wildman–Crippen MR) is 112 cm³/mol. The SMILES string of the molecule is Cc1ccc2c(c1)[C@H](O)C[C@@H]([C@@H](O)CCC[C@H](O)[C@H]1CCc3c(ccc(O)c3F)O1)O2. The van der Waals surface area contributed by atoms with Crippen molar-refractivity contribution in [2.75, 3.05) is 0 Å². The number of aromatic hydroxyl groups is 1. The highest BCUT2D eigenvalue weighted by atomic mass is 19.1. The Hall–Kier alpha value is -2.35. The summed E-state index contributed by atoms with van der Waals surface area (Å²) in [6, 6.07) is 8.39. The third-order valence-electron chi connectivity index (χ3n) is 6.25. The molecule has 0 radical (unpaired) electrons. The van der Waals surface area contributed by atoms with E-state index in [0.717, 1.165) is 11.1 Å². The Balaban J connectivity index is 1.27. The zero-order valence-electron chi connectivity index (χ0n) is 17.5. The van der Waals surface area contributed by atoms with Gasteiger partial charge in [0.1, 0.15) is 23.7 Å². The van der Waals surface area contributed by atoms with Crippen LogP contribution in [0.2, 0.25) is 0 Å². The molecular formula is C24H29FO6. The number of hydrogen-bond donors (Lipinski definition) is 4. The maximum absolute atomic E-state index is 14.0. The fraction of sp³-hybridized carbons (Fsp3) is 0.500. The lowest BCUT2D eigenvalue weighted by Crippen LogP contribution is -2.37. The highest BCUT2D eigenvalue weighted by Gasteiger charge is 2.32. The van der Waals surface area contributed by atoms with Crippen molar-refractivity contribution < 1.29 is 34.3 Å². The molecule has 4 N–H and O–H groups in total. The van der Waals surface area contributed by atoms with E-state index in [4.69, 9.17) is 9.47 Å². The van der Waals surface area contributed by atoms with Crippen LogP contribution in [-0.2, 0) is 6.42 Å². The van der Waals surface area contributed by atoms with Gasteiger partial charge in [-0.1, -0.05) is 11.6 Å². The van der Waals surface area contributed by atoms with Gasteiger partial charge in [-0.25, -0.2) is 4.39 Å². The molecular weight excluding hydrogens is 403 g/mol. The molecule has 0 aliphatic carbocycles. The van der Waals surface area contributed by atoms with Crippen LogP contribution in [-0.4, -0.2) is 44.8 Å². The molecule has 31 heavy (non-hydrogen) atoms. The van der Waals surface area contributed by atoms with E-state index in [2.05, 4.69) is 0 Å². The highest BCUT2D eigenvalue weighted by molar-refractivity contribution is 5.43. The van der Waals surface area contributed by atoms with Crippen molar-refractivity contribution in [2.45, 2.75) is 76.0 Å². The molecule has 2 aromatic carbocycles. The van der Waals surface area contributed by atoms with Gasteiger partial charge >= 0.3 is 0 Å². The van der Waals surface area contributed by atoms with E-state index in [1.165, 1.54) is 12.1 Å². The van der Waals surface area contributed by atoms with Crippen LogP contribution >= 0.6 is 0 Å². The quantitative estimate of drug-likeness (QED) is 0.559. The normalized spacial score (nSPS) is 24.4. The fourth-order valence-corrected chi connectivity index (χ4v) is 4.45. The number of benzene rings is 2. The Morgan fingerprint density at radius 3 is 2.48 bits per heavy atom. The fourth-order valence-electron chi connectivity index (χ4n) is 4.45. The first-order chi connectivity index (χ1) is 14.8. The molecule has 4 rings (SSSR count). The number of aryl methyl sites for hydroxylation is 1. The number of fused-ring (bicyclic) bond motifs is 2. The van der Waals surface area contributed by atoms with Crippen LogP contribution in [0.25, 0.3) is 0 Å². The van der Waals surface area contributed by atoms with Crippen LogP contribution in [0.1, 0.15) is 54.9 Å². The van der Waals surface area contributed by atoms with Gasteiger partial charge in [-0.15, -0.1) is 0 Å². The van der Waals surface area contributed by atoms with Gasteiger partial charge in [0.25, 0.3) is 0 Å². The van der Waals surface area contributed by atoms with E-state index >= 15 is 0 Å². The number of phenolic OH excluding ortho intramolecular Hbond substituents is 1. The van der Waals surface area contributed by atoms with E-state index in [9.17, 15) is 24.8 Å². The van der Waals surface area contributed by atoms with Crippen molar-refractivity contribution >= 4 is 0 Å². The molecule has 2 aliphatic rings. The summed E-state index contributed by atoms with van der Waals surface area (Å²) < 4.78 is 25.6. The van der Waals surface area contributed by atoms with Gasteiger partial charge in [0.05, 0.1) is 18.3 Å². The zero-order chi connectivity index (χ0) is 22.1. The average Bonchev–Trinajstić information content (AvgIpc) is 2.76. The number of aliphatic hydroxyl groups is 3. The number of aliphatic hydroxyl groups excluding tert-OH is 3. The lowest BCUT2D eigenvalue weighted by atomic mass is 9.92. The van der Waals surface area contributed by atoms with Crippen LogP contribution in [0.3, 0.4) is 0 Å². The van der Waals surface area contributed by atoms with Crippen molar-refractivity contribution in [1.29, 1.82) is 0 Å². The maximum atomic E-state index is 14.0. The van der Waals surface area contributed by atoms with Crippen LogP contribution in [0.5, 0.6) is 17.2 Å². The number of hydrogen-bond acceptors (Lipinski definition) is 6. The first-order valence-corrected chi connectivity index (χ1v) is 10.8. The Bertz CT molecular complexity index is 933. The number of ether oxygens (including phenoxy) is 2. The van der Waals surface area contributed by atoms with Crippen LogP contribution in [0.15, 0.2) is 30.3 Å². The summed E-state index contributed by atoms with van der Waals surface area (Å²) in [6.45, 7) is 1.95. The molecule has 2 aliphatic heterocycles. The minimum atomic E-state index is -0.763. The van der Waals surface area contributed by atoms with Crippen molar-refractivity contribution in [3.8, 4) is 17.2 Å². The summed E-state index contributed by atoms with van der Waals surface area (Å²) >= 11 is 0. The van der Waals surface area contributed by atoms with Gasteiger partial charge in [-0.2, -0.15) is 0 Å². The first-order valence-electron chi connectivity index (χ1n) is 10.8. The molecule has 7 heteroatoms. The van der Waals surface area contributed by atoms with Crippen molar-refractivity contribution in [1.82, 2.24) is 0 Å². The molecule has 168 valence electrons. The second kappa shape index (κ2) is 9.02. The smallest absolute Gasteiger partial charge is 0.171 e. The summed E-state index contributed by atoms with van der Waals surface area (Å²) in [4.78, 5) is 0. The maximum Gasteiger partial charge on any atom is 0.171 e. The van der Waals surface area contributed by atoms with Gasteiger partial charge in [0.15, 0.2) is 11.6 Å². The van der Waals surface area contributed by atoms with E-state index in [0.29, 0.717) is 55.6 Å². The van der Waals surface area contributed by atoms with E-state index in [1.54, 1.807) is 0 Å². The van der Waals surface area contributed by atoms with Crippen molar-refractivity contribution in [2.24, 2.45) is 0 Å².